The maximum absolute atomic E-state index is 9.79. The molecule has 2 fully saturated rings. The molecule has 0 spiro atoms. The second kappa shape index (κ2) is 7.75. The highest BCUT2D eigenvalue weighted by Crippen LogP contribution is 2.26. The Morgan fingerprint density at radius 2 is 2.00 bits per heavy atom. The van der Waals surface area contributed by atoms with Crippen molar-refractivity contribution in [2.75, 3.05) is 59.5 Å². The Balaban J connectivity index is 1.55. The third-order valence-electron chi connectivity index (χ3n) is 5.52. The first-order chi connectivity index (χ1) is 11.2. The van der Waals surface area contributed by atoms with Gasteiger partial charge in [-0.05, 0) is 45.3 Å². The van der Waals surface area contributed by atoms with Gasteiger partial charge in [-0.3, -0.25) is 10.00 Å². The zero-order valence-corrected chi connectivity index (χ0v) is 14.5. The van der Waals surface area contributed by atoms with Gasteiger partial charge in [0.05, 0.1) is 5.69 Å². The Labute approximate surface area is 139 Å². The molecule has 0 amide bonds. The van der Waals surface area contributed by atoms with Crippen molar-refractivity contribution in [3.05, 3.63) is 17.5 Å². The molecule has 0 aromatic carbocycles. The van der Waals surface area contributed by atoms with E-state index in [9.17, 15) is 5.11 Å². The molecule has 2 aliphatic heterocycles. The summed E-state index contributed by atoms with van der Waals surface area (Å²) >= 11 is 0. The van der Waals surface area contributed by atoms with E-state index in [-0.39, 0.29) is 0 Å². The largest absolute Gasteiger partial charge is 0.396 e. The minimum atomic E-state index is 0.305. The van der Waals surface area contributed by atoms with Crippen molar-refractivity contribution >= 4 is 0 Å². The number of H-pyrrole nitrogens is 1. The summed E-state index contributed by atoms with van der Waals surface area (Å²) in [5.41, 5.74) is 2.36. The number of aliphatic hydroxyl groups is 1. The maximum Gasteiger partial charge on any atom is 0.0636 e. The summed E-state index contributed by atoms with van der Waals surface area (Å²) in [5, 5.41) is 17.0. The van der Waals surface area contributed by atoms with E-state index in [1.54, 1.807) is 0 Å². The smallest absolute Gasteiger partial charge is 0.0636 e. The standard InChI is InChI=1S/C17H31N5O/c1-14-15(8-18-19-14)9-22-11-16(17(12-22)13-23)10-21-5-3-4-20(2)6-7-21/h8,16-17,23H,3-7,9-13H2,1-2H3,(H,18,19)/t16-,17-/m1/s1. The van der Waals surface area contributed by atoms with Gasteiger partial charge in [0.15, 0.2) is 0 Å². The molecule has 2 atom stereocenters. The Kier molecular flexibility index (Phi) is 5.69. The van der Waals surface area contributed by atoms with Crippen LogP contribution in [0.15, 0.2) is 6.20 Å². The molecule has 3 heterocycles. The van der Waals surface area contributed by atoms with Gasteiger partial charge >= 0.3 is 0 Å². The van der Waals surface area contributed by atoms with Crippen LogP contribution < -0.4 is 0 Å². The van der Waals surface area contributed by atoms with Crippen LogP contribution in [0.1, 0.15) is 17.7 Å². The third-order valence-corrected chi connectivity index (χ3v) is 5.52. The van der Waals surface area contributed by atoms with Crippen molar-refractivity contribution in [2.45, 2.75) is 19.9 Å². The number of aromatic nitrogens is 2. The molecular weight excluding hydrogens is 290 g/mol. The molecule has 0 aliphatic carbocycles. The van der Waals surface area contributed by atoms with Crippen molar-refractivity contribution < 1.29 is 5.11 Å². The predicted octanol–water partition coefficient (Wildman–Crippen LogP) is 0.396. The van der Waals surface area contributed by atoms with Crippen LogP contribution in [0, 0.1) is 18.8 Å². The summed E-state index contributed by atoms with van der Waals surface area (Å²) in [7, 11) is 2.21. The monoisotopic (exact) mass is 321 g/mol. The highest BCUT2D eigenvalue weighted by Gasteiger charge is 2.33. The molecule has 0 bridgehead atoms. The molecule has 23 heavy (non-hydrogen) atoms. The number of aromatic amines is 1. The number of nitrogens with zero attached hydrogens (tertiary/aromatic N) is 4. The number of likely N-dealkylation sites (N-methyl/N-ethyl adjacent to an activating group) is 1. The first kappa shape index (κ1) is 16.9. The van der Waals surface area contributed by atoms with Crippen LogP contribution in [-0.2, 0) is 6.54 Å². The van der Waals surface area contributed by atoms with Crippen molar-refractivity contribution in [1.29, 1.82) is 0 Å². The van der Waals surface area contributed by atoms with Gasteiger partial charge in [0.1, 0.15) is 0 Å². The van der Waals surface area contributed by atoms with Crippen LogP contribution >= 0.6 is 0 Å². The Hall–Kier alpha value is -0.950. The molecule has 0 unspecified atom stereocenters. The topological polar surface area (TPSA) is 58.6 Å². The number of rotatable bonds is 5. The van der Waals surface area contributed by atoms with Crippen LogP contribution in [0.5, 0.6) is 0 Å². The predicted molar refractivity (Wildman–Crippen MR) is 91.2 cm³/mol. The third kappa shape index (κ3) is 4.32. The minimum absolute atomic E-state index is 0.305. The molecule has 130 valence electrons. The number of hydrogen-bond donors (Lipinski definition) is 2. The van der Waals surface area contributed by atoms with Gasteiger partial charge in [0, 0.05) is 57.6 Å². The maximum atomic E-state index is 9.79. The fourth-order valence-electron chi connectivity index (χ4n) is 3.98. The SMILES string of the molecule is Cc1n[nH]cc1CN1C[C@@H](CN2CCCN(C)CC2)[C@@H](CO)C1. The lowest BCUT2D eigenvalue weighted by molar-refractivity contribution is 0.165. The number of nitrogens with one attached hydrogen (secondary N) is 1. The Bertz CT molecular complexity index is 491. The van der Waals surface area contributed by atoms with Crippen molar-refractivity contribution in [3.8, 4) is 0 Å². The molecule has 2 aliphatic rings. The fourth-order valence-corrected chi connectivity index (χ4v) is 3.98. The molecule has 3 rings (SSSR count). The molecule has 1 aromatic rings. The molecule has 2 saturated heterocycles. The lowest BCUT2D eigenvalue weighted by Crippen LogP contribution is -2.36. The van der Waals surface area contributed by atoms with E-state index in [1.165, 1.54) is 25.1 Å². The van der Waals surface area contributed by atoms with Gasteiger partial charge < -0.3 is 14.9 Å². The van der Waals surface area contributed by atoms with Crippen LogP contribution in [0.3, 0.4) is 0 Å². The fraction of sp³-hybridized carbons (Fsp3) is 0.824. The highest BCUT2D eigenvalue weighted by molar-refractivity contribution is 5.14. The Morgan fingerprint density at radius 1 is 1.17 bits per heavy atom. The van der Waals surface area contributed by atoms with Gasteiger partial charge in [0.25, 0.3) is 0 Å². The number of likely N-dealkylation sites (tertiary alicyclic amines) is 1. The summed E-state index contributed by atoms with van der Waals surface area (Å²) in [5.74, 6) is 0.985. The average molecular weight is 321 g/mol. The molecule has 2 N–H and O–H groups in total. The molecule has 1 aromatic heterocycles. The van der Waals surface area contributed by atoms with E-state index >= 15 is 0 Å². The summed E-state index contributed by atoms with van der Waals surface area (Å²) < 4.78 is 0. The molecule has 0 saturated carbocycles. The van der Waals surface area contributed by atoms with Crippen LogP contribution in [0.25, 0.3) is 0 Å². The van der Waals surface area contributed by atoms with E-state index in [0.29, 0.717) is 18.4 Å². The summed E-state index contributed by atoms with van der Waals surface area (Å²) in [6, 6.07) is 0. The van der Waals surface area contributed by atoms with E-state index in [2.05, 4.69) is 38.9 Å². The quantitative estimate of drug-likeness (QED) is 0.822. The zero-order chi connectivity index (χ0) is 16.2. The Morgan fingerprint density at radius 3 is 2.74 bits per heavy atom. The summed E-state index contributed by atoms with van der Waals surface area (Å²) in [6.45, 7) is 11.2. The van der Waals surface area contributed by atoms with Crippen LogP contribution in [0.4, 0.5) is 0 Å². The van der Waals surface area contributed by atoms with Crippen molar-refractivity contribution in [1.82, 2.24) is 24.9 Å². The van der Waals surface area contributed by atoms with E-state index in [4.69, 9.17) is 0 Å². The van der Waals surface area contributed by atoms with Crippen molar-refractivity contribution in [3.63, 3.8) is 0 Å². The average Bonchev–Trinajstić information content (AvgIpc) is 3.04. The minimum Gasteiger partial charge on any atom is -0.396 e. The number of aryl methyl sites for hydroxylation is 1. The van der Waals surface area contributed by atoms with Gasteiger partial charge in [-0.15, -0.1) is 0 Å². The van der Waals surface area contributed by atoms with Gasteiger partial charge in [-0.1, -0.05) is 0 Å². The highest BCUT2D eigenvalue weighted by atomic mass is 16.3. The van der Waals surface area contributed by atoms with E-state index in [0.717, 1.165) is 45.0 Å². The van der Waals surface area contributed by atoms with Gasteiger partial charge in [0.2, 0.25) is 0 Å². The van der Waals surface area contributed by atoms with Crippen LogP contribution in [-0.4, -0.2) is 89.5 Å². The summed E-state index contributed by atoms with van der Waals surface area (Å²) in [4.78, 5) is 7.50. The first-order valence-electron chi connectivity index (χ1n) is 8.89. The number of hydrogen-bond acceptors (Lipinski definition) is 5. The van der Waals surface area contributed by atoms with E-state index in [1.807, 2.05) is 6.20 Å². The molecule has 6 nitrogen and oxygen atoms in total. The normalized spacial score (nSPS) is 28.3. The van der Waals surface area contributed by atoms with Gasteiger partial charge in [-0.2, -0.15) is 5.10 Å². The number of aliphatic hydroxyl groups excluding tert-OH is 1. The molecule has 6 heteroatoms. The van der Waals surface area contributed by atoms with Crippen LogP contribution in [0.2, 0.25) is 0 Å². The molecule has 0 radical (unpaired) electrons. The second-order valence-electron chi connectivity index (χ2n) is 7.35. The zero-order valence-electron chi connectivity index (χ0n) is 14.5. The second-order valence-corrected chi connectivity index (χ2v) is 7.35. The lowest BCUT2D eigenvalue weighted by Gasteiger charge is -2.26. The molecular formula is C17H31N5O. The van der Waals surface area contributed by atoms with E-state index < -0.39 is 0 Å². The van der Waals surface area contributed by atoms with Gasteiger partial charge in [-0.25, -0.2) is 0 Å². The first-order valence-corrected chi connectivity index (χ1v) is 8.89. The lowest BCUT2D eigenvalue weighted by atomic mass is 9.96. The van der Waals surface area contributed by atoms with Crippen molar-refractivity contribution in [2.24, 2.45) is 11.8 Å². The summed E-state index contributed by atoms with van der Waals surface area (Å²) in [6.07, 6.45) is 3.26.